The van der Waals surface area contributed by atoms with Crippen molar-refractivity contribution in [2.75, 3.05) is 6.26 Å². The molecular weight excluding hydrogens is 208 g/mol. The minimum absolute atomic E-state index is 0.100. The van der Waals surface area contributed by atoms with Gasteiger partial charge in [0, 0.05) is 6.42 Å². The van der Waals surface area contributed by atoms with Crippen LogP contribution in [0.3, 0.4) is 0 Å². The number of thioether (sulfide) groups is 1. The first kappa shape index (κ1) is 10.1. The van der Waals surface area contributed by atoms with Gasteiger partial charge in [0.25, 0.3) is 0 Å². The van der Waals surface area contributed by atoms with Crippen LogP contribution in [0.4, 0.5) is 0 Å². The number of benzene rings is 1. The van der Waals surface area contributed by atoms with Crippen molar-refractivity contribution < 1.29 is 5.11 Å². The second kappa shape index (κ2) is 4.40. The van der Waals surface area contributed by atoms with Gasteiger partial charge in [0.05, 0.1) is 5.69 Å². The Bertz CT molecular complexity index is 439. The maximum atomic E-state index is 9.57. The maximum absolute atomic E-state index is 9.57. The van der Waals surface area contributed by atoms with Crippen molar-refractivity contribution in [3.05, 3.63) is 41.6 Å². The molecule has 2 rings (SSSR count). The molecule has 2 N–H and O–H groups in total. The standard InChI is InChI=1S/C11H12N2OS/c1-15-11-12-9(10(14)13-11)7-8-5-3-2-4-6-8/h2-6,14H,7H2,1H3,(H,12,13). The number of aromatic hydroxyl groups is 1. The average Bonchev–Trinajstić information content (AvgIpc) is 2.61. The van der Waals surface area contributed by atoms with E-state index >= 15 is 0 Å². The van der Waals surface area contributed by atoms with Crippen molar-refractivity contribution in [2.24, 2.45) is 0 Å². The fourth-order valence-corrected chi connectivity index (χ4v) is 1.80. The van der Waals surface area contributed by atoms with Crippen molar-refractivity contribution in [1.29, 1.82) is 0 Å². The summed E-state index contributed by atoms with van der Waals surface area (Å²) in [5, 5.41) is 10.3. The SMILES string of the molecule is CSc1nc(O)c(Cc2ccccc2)[nH]1. The van der Waals surface area contributed by atoms with Crippen LogP contribution >= 0.6 is 11.8 Å². The number of imidazole rings is 1. The van der Waals surface area contributed by atoms with Gasteiger partial charge in [-0.15, -0.1) is 0 Å². The summed E-state index contributed by atoms with van der Waals surface area (Å²) in [5.74, 6) is 0.100. The summed E-state index contributed by atoms with van der Waals surface area (Å²) in [6.07, 6.45) is 2.60. The van der Waals surface area contributed by atoms with E-state index in [0.717, 1.165) is 16.4 Å². The van der Waals surface area contributed by atoms with Crippen LogP contribution in [0.25, 0.3) is 0 Å². The Kier molecular flexibility index (Phi) is 2.97. The number of aromatic amines is 1. The quantitative estimate of drug-likeness (QED) is 0.781. The van der Waals surface area contributed by atoms with Crippen LogP contribution < -0.4 is 0 Å². The molecule has 0 saturated carbocycles. The molecule has 0 aliphatic rings. The molecule has 0 unspecified atom stereocenters. The van der Waals surface area contributed by atoms with Crippen LogP contribution in [0.1, 0.15) is 11.3 Å². The fourth-order valence-electron chi connectivity index (χ4n) is 1.40. The number of hydrogen-bond acceptors (Lipinski definition) is 3. The molecule has 0 aliphatic carbocycles. The summed E-state index contributed by atoms with van der Waals surface area (Å²) in [6, 6.07) is 10.00. The summed E-state index contributed by atoms with van der Waals surface area (Å²) < 4.78 is 0. The van der Waals surface area contributed by atoms with E-state index < -0.39 is 0 Å². The Balaban J connectivity index is 2.21. The summed E-state index contributed by atoms with van der Waals surface area (Å²) in [5.41, 5.74) is 1.93. The molecule has 1 heterocycles. The van der Waals surface area contributed by atoms with E-state index in [-0.39, 0.29) is 5.88 Å². The lowest BCUT2D eigenvalue weighted by molar-refractivity contribution is 0.448. The van der Waals surface area contributed by atoms with Crippen LogP contribution in [-0.2, 0) is 6.42 Å². The first-order valence-electron chi connectivity index (χ1n) is 4.65. The molecule has 0 amide bonds. The van der Waals surface area contributed by atoms with Crippen molar-refractivity contribution >= 4 is 11.8 Å². The minimum atomic E-state index is 0.100. The zero-order chi connectivity index (χ0) is 10.7. The van der Waals surface area contributed by atoms with Crippen molar-refractivity contribution in [3.63, 3.8) is 0 Å². The number of hydrogen-bond donors (Lipinski definition) is 2. The van der Waals surface area contributed by atoms with Gasteiger partial charge in [0.2, 0.25) is 5.88 Å². The fraction of sp³-hybridized carbons (Fsp3) is 0.182. The summed E-state index contributed by atoms with van der Waals surface area (Å²) >= 11 is 1.49. The lowest BCUT2D eigenvalue weighted by Crippen LogP contribution is -1.88. The van der Waals surface area contributed by atoms with E-state index in [4.69, 9.17) is 0 Å². The van der Waals surface area contributed by atoms with E-state index in [1.54, 1.807) is 0 Å². The Morgan fingerprint density at radius 2 is 2.07 bits per heavy atom. The number of nitrogens with one attached hydrogen (secondary N) is 1. The van der Waals surface area contributed by atoms with E-state index in [0.29, 0.717) is 6.42 Å². The van der Waals surface area contributed by atoms with Crippen molar-refractivity contribution in [2.45, 2.75) is 11.6 Å². The van der Waals surface area contributed by atoms with E-state index in [1.165, 1.54) is 11.8 Å². The third kappa shape index (κ3) is 2.33. The number of H-pyrrole nitrogens is 1. The summed E-state index contributed by atoms with van der Waals surface area (Å²) in [7, 11) is 0. The zero-order valence-electron chi connectivity index (χ0n) is 8.40. The number of aromatic nitrogens is 2. The highest BCUT2D eigenvalue weighted by molar-refractivity contribution is 7.98. The second-order valence-corrected chi connectivity index (χ2v) is 4.01. The highest BCUT2D eigenvalue weighted by Gasteiger charge is 2.08. The molecule has 0 saturated heterocycles. The average molecular weight is 220 g/mol. The number of nitrogens with zero attached hydrogens (tertiary/aromatic N) is 1. The van der Waals surface area contributed by atoms with E-state index in [2.05, 4.69) is 9.97 Å². The van der Waals surface area contributed by atoms with Gasteiger partial charge in [-0.05, 0) is 11.8 Å². The Hall–Kier alpha value is -1.42. The third-order valence-corrected chi connectivity index (χ3v) is 2.73. The Morgan fingerprint density at radius 3 is 2.67 bits per heavy atom. The topological polar surface area (TPSA) is 48.9 Å². The molecule has 0 atom stereocenters. The van der Waals surface area contributed by atoms with Gasteiger partial charge in [-0.1, -0.05) is 42.1 Å². The maximum Gasteiger partial charge on any atom is 0.233 e. The second-order valence-electron chi connectivity index (χ2n) is 3.21. The van der Waals surface area contributed by atoms with Crippen LogP contribution in [0.2, 0.25) is 0 Å². The van der Waals surface area contributed by atoms with E-state index in [1.807, 2.05) is 36.6 Å². The van der Waals surface area contributed by atoms with Gasteiger partial charge in [0.15, 0.2) is 5.16 Å². The summed E-state index contributed by atoms with van der Waals surface area (Å²) in [4.78, 5) is 7.07. The van der Waals surface area contributed by atoms with Gasteiger partial charge in [-0.3, -0.25) is 0 Å². The first-order chi connectivity index (χ1) is 7.29. The molecule has 0 bridgehead atoms. The molecule has 0 aliphatic heterocycles. The Morgan fingerprint density at radius 1 is 1.33 bits per heavy atom. The van der Waals surface area contributed by atoms with Gasteiger partial charge < -0.3 is 10.1 Å². The normalized spacial score (nSPS) is 10.5. The third-order valence-electron chi connectivity index (χ3n) is 2.15. The van der Waals surface area contributed by atoms with Gasteiger partial charge in [0.1, 0.15) is 0 Å². The molecule has 0 fully saturated rings. The van der Waals surface area contributed by atoms with Crippen LogP contribution in [0, 0.1) is 0 Å². The smallest absolute Gasteiger partial charge is 0.233 e. The lowest BCUT2D eigenvalue weighted by atomic mass is 10.1. The van der Waals surface area contributed by atoms with Gasteiger partial charge >= 0.3 is 0 Å². The largest absolute Gasteiger partial charge is 0.492 e. The predicted molar refractivity (Wildman–Crippen MR) is 61.3 cm³/mol. The Labute approximate surface area is 92.6 Å². The predicted octanol–water partition coefficient (Wildman–Crippen LogP) is 2.43. The zero-order valence-corrected chi connectivity index (χ0v) is 9.21. The molecular formula is C11H12N2OS. The molecule has 3 nitrogen and oxygen atoms in total. The molecule has 0 spiro atoms. The highest BCUT2D eigenvalue weighted by atomic mass is 32.2. The lowest BCUT2D eigenvalue weighted by Gasteiger charge is -1.98. The molecule has 0 radical (unpaired) electrons. The molecule has 2 aromatic rings. The van der Waals surface area contributed by atoms with Crippen molar-refractivity contribution in [1.82, 2.24) is 9.97 Å². The molecule has 4 heteroatoms. The monoisotopic (exact) mass is 220 g/mol. The highest BCUT2D eigenvalue weighted by Crippen LogP contribution is 2.21. The summed E-state index contributed by atoms with van der Waals surface area (Å²) in [6.45, 7) is 0. The number of rotatable bonds is 3. The van der Waals surface area contributed by atoms with Gasteiger partial charge in [-0.2, -0.15) is 4.98 Å². The van der Waals surface area contributed by atoms with E-state index in [9.17, 15) is 5.11 Å². The first-order valence-corrected chi connectivity index (χ1v) is 5.88. The van der Waals surface area contributed by atoms with Crippen LogP contribution in [0.5, 0.6) is 5.88 Å². The van der Waals surface area contributed by atoms with Crippen LogP contribution in [0.15, 0.2) is 35.5 Å². The molecule has 1 aromatic heterocycles. The van der Waals surface area contributed by atoms with Crippen molar-refractivity contribution in [3.8, 4) is 5.88 Å². The minimum Gasteiger partial charge on any atom is -0.492 e. The molecule has 15 heavy (non-hydrogen) atoms. The molecule has 78 valence electrons. The van der Waals surface area contributed by atoms with Crippen LogP contribution in [-0.4, -0.2) is 21.3 Å². The van der Waals surface area contributed by atoms with Gasteiger partial charge in [-0.25, -0.2) is 0 Å². The molecule has 1 aromatic carbocycles.